The number of rotatable bonds is 5. The van der Waals surface area contributed by atoms with Gasteiger partial charge in [0.05, 0.1) is 22.3 Å². The maximum absolute atomic E-state index is 12.4. The molecule has 0 saturated heterocycles. The van der Waals surface area contributed by atoms with Crippen LogP contribution in [0.5, 0.6) is 0 Å². The highest BCUT2D eigenvalue weighted by atomic mass is 35.5. The van der Waals surface area contributed by atoms with E-state index in [1.165, 1.54) is 21.9 Å². The monoisotopic (exact) mass is 400 g/mol. The topological polar surface area (TPSA) is 94.7 Å². The van der Waals surface area contributed by atoms with Gasteiger partial charge in [0.25, 0.3) is 16.0 Å². The van der Waals surface area contributed by atoms with E-state index in [4.69, 9.17) is 23.2 Å². The van der Waals surface area contributed by atoms with Gasteiger partial charge in [-0.15, -0.1) is 5.10 Å². The molecule has 1 N–H and O–H groups in total. The molecule has 0 aliphatic rings. The normalized spacial score (nSPS) is 11.7. The summed E-state index contributed by atoms with van der Waals surface area (Å²) in [5.41, 5.74) is 1.25. The van der Waals surface area contributed by atoms with Crippen molar-refractivity contribution in [3.8, 4) is 0 Å². The van der Waals surface area contributed by atoms with E-state index >= 15 is 0 Å². The van der Waals surface area contributed by atoms with Gasteiger partial charge >= 0.3 is 0 Å². The summed E-state index contributed by atoms with van der Waals surface area (Å²) in [4.78, 5) is 4.05. The fraction of sp³-hybridized carbons (Fsp3) is 0.214. The summed E-state index contributed by atoms with van der Waals surface area (Å²) in [6.07, 6.45) is 2.85. The van der Waals surface area contributed by atoms with Crippen LogP contribution in [0.15, 0.2) is 35.6 Å². The number of aryl methyl sites for hydroxylation is 2. The lowest BCUT2D eigenvalue weighted by Gasteiger charge is -2.04. The highest BCUT2D eigenvalue weighted by Crippen LogP contribution is 2.23. The predicted octanol–water partition coefficient (Wildman–Crippen LogP) is 2.48. The average Bonchev–Trinajstić information content (AvgIpc) is 3.09. The second-order valence-electron chi connectivity index (χ2n) is 5.37. The summed E-state index contributed by atoms with van der Waals surface area (Å²) < 4.78 is 30.1. The van der Waals surface area contributed by atoms with E-state index in [2.05, 4.69) is 19.9 Å². The molecule has 2 heterocycles. The first-order valence-electron chi connectivity index (χ1n) is 7.11. The smallest absolute Gasteiger partial charge is 0.267 e. The van der Waals surface area contributed by atoms with Gasteiger partial charge in [-0.2, -0.15) is 10.1 Å². The molecule has 3 rings (SSSR count). The second-order valence-corrected chi connectivity index (χ2v) is 7.84. The molecular weight excluding hydrogens is 387 g/mol. The van der Waals surface area contributed by atoms with Gasteiger partial charge in [0.2, 0.25) is 0 Å². The molecule has 0 saturated carbocycles. The highest BCUT2D eigenvalue weighted by molar-refractivity contribution is 7.92. The maximum Gasteiger partial charge on any atom is 0.267 e. The Balaban J connectivity index is 1.77. The van der Waals surface area contributed by atoms with Crippen LogP contribution in [-0.2, 0) is 23.6 Å². The molecule has 3 aromatic rings. The molecule has 0 radical (unpaired) electrons. The Bertz CT molecular complexity index is 1030. The number of hydrogen-bond acceptors (Lipinski definition) is 5. The quantitative estimate of drug-likeness (QED) is 0.709. The predicted molar refractivity (Wildman–Crippen MR) is 94.3 cm³/mol. The van der Waals surface area contributed by atoms with Crippen LogP contribution in [0.2, 0.25) is 10.0 Å². The summed E-state index contributed by atoms with van der Waals surface area (Å²) in [5.74, 6) is -0.0247. The standard InChI is InChI=1S/C14H14Cl2N6O2S/c1-9-13(7-21(2)18-9)25(23,24)20-14-17-8-22(19-14)6-10-3-4-11(15)12(16)5-10/h3-5,7-8H,6H2,1-2H3,(H,19,20). The molecular formula is C14H14Cl2N6O2S. The Kier molecular flexibility index (Phi) is 4.72. The molecule has 0 fully saturated rings. The largest absolute Gasteiger partial charge is 0.274 e. The van der Waals surface area contributed by atoms with Gasteiger partial charge in [-0.1, -0.05) is 29.3 Å². The van der Waals surface area contributed by atoms with Crippen LogP contribution in [0.1, 0.15) is 11.3 Å². The van der Waals surface area contributed by atoms with Crippen LogP contribution >= 0.6 is 23.2 Å². The van der Waals surface area contributed by atoms with Crippen molar-refractivity contribution in [1.82, 2.24) is 24.5 Å². The molecule has 0 aliphatic carbocycles. The number of aromatic nitrogens is 5. The SMILES string of the molecule is Cc1nn(C)cc1S(=O)(=O)Nc1ncn(Cc2ccc(Cl)c(Cl)c2)n1. The molecule has 0 unspecified atom stereocenters. The van der Waals surface area contributed by atoms with Gasteiger partial charge in [0, 0.05) is 13.2 Å². The van der Waals surface area contributed by atoms with Gasteiger partial charge in [0.15, 0.2) is 0 Å². The number of halogens is 2. The zero-order chi connectivity index (χ0) is 18.2. The van der Waals surface area contributed by atoms with Crippen molar-refractivity contribution in [2.24, 2.45) is 7.05 Å². The van der Waals surface area contributed by atoms with Crippen molar-refractivity contribution < 1.29 is 8.42 Å². The van der Waals surface area contributed by atoms with Crippen LogP contribution in [0.4, 0.5) is 5.95 Å². The van der Waals surface area contributed by atoms with E-state index in [1.54, 1.807) is 32.2 Å². The molecule has 0 spiro atoms. The third kappa shape index (κ3) is 3.94. The van der Waals surface area contributed by atoms with Crippen molar-refractivity contribution in [2.45, 2.75) is 18.4 Å². The molecule has 132 valence electrons. The lowest BCUT2D eigenvalue weighted by atomic mass is 10.2. The minimum Gasteiger partial charge on any atom is -0.274 e. The zero-order valence-electron chi connectivity index (χ0n) is 13.3. The van der Waals surface area contributed by atoms with E-state index in [0.29, 0.717) is 22.3 Å². The number of nitrogens with one attached hydrogen (secondary N) is 1. The molecule has 11 heteroatoms. The molecule has 0 bridgehead atoms. The first kappa shape index (κ1) is 17.7. The van der Waals surface area contributed by atoms with Crippen molar-refractivity contribution in [1.29, 1.82) is 0 Å². The fourth-order valence-electron chi connectivity index (χ4n) is 2.26. The van der Waals surface area contributed by atoms with E-state index in [-0.39, 0.29) is 10.8 Å². The Morgan fingerprint density at radius 3 is 2.60 bits per heavy atom. The highest BCUT2D eigenvalue weighted by Gasteiger charge is 2.21. The molecule has 0 atom stereocenters. The van der Waals surface area contributed by atoms with Crippen LogP contribution in [0, 0.1) is 6.92 Å². The average molecular weight is 401 g/mol. The fourth-order valence-corrected chi connectivity index (χ4v) is 3.75. The first-order valence-corrected chi connectivity index (χ1v) is 9.35. The summed E-state index contributed by atoms with van der Waals surface area (Å²) in [6, 6.07) is 5.21. The van der Waals surface area contributed by atoms with Gasteiger partial charge in [-0.25, -0.2) is 17.8 Å². The minimum absolute atomic E-state index is 0.0247. The summed E-state index contributed by atoms with van der Waals surface area (Å²) in [6.45, 7) is 1.99. The van der Waals surface area contributed by atoms with E-state index in [1.807, 2.05) is 0 Å². The van der Waals surface area contributed by atoms with Crippen molar-refractivity contribution >= 4 is 39.2 Å². The molecule has 0 amide bonds. The van der Waals surface area contributed by atoms with E-state index in [9.17, 15) is 8.42 Å². The number of benzene rings is 1. The molecule has 1 aromatic carbocycles. The maximum atomic E-state index is 12.4. The Morgan fingerprint density at radius 1 is 1.20 bits per heavy atom. The first-order chi connectivity index (χ1) is 11.7. The van der Waals surface area contributed by atoms with E-state index < -0.39 is 10.0 Å². The third-order valence-electron chi connectivity index (χ3n) is 3.35. The zero-order valence-corrected chi connectivity index (χ0v) is 15.6. The van der Waals surface area contributed by atoms with Gasteiger partial charge in [-0.05, 0) is 24.6 Å². The van der Waals surface area contributed by atoms with E-state index in [0.717, 1.165) is 5.56 Å². The number of sulfonamides is 1. The second kappa shape index (κ2) is 6.66. The Hall–Kier alpha value is -2.10. The summed E-state index contributed by atoms with van der Waals surface area (Å²) >= 11 is 11.9. The Labute approximate surface area is 154 Å². The molecule has 25 heavy (non-hydrogen) atoms. The molecule has 8 nitrogen and oxygen atoms in total. The van der Waals surface area contributed by atoms with Crippen LogP contribution in [-0.4, -0.2) is 33.0 Å². The summed E-state index contributed by atoms with van der Waals surface area (Å²) in [7, 11) is -2.16. The van der Waals surface area contributed by atoms with Crippen molar-refractivity contribution in [2.75, 3.05) is 4.72 Å². The number of nitrogens with zero attached hydrogens (tertiary/aromatic N) is 5. The number of anilines is 1. The molecule has 0 aliphatic heterocycles. The van der Waals surface area contributed by atoms with Gasteiger partial charge in [0.1, 0.15) is 11.2 Å². The van der Waals surface area contributed by atoms with Crippen LogP contribution < -0.4 is 4.72 Å². The van der Waals surface area contributed by atoms with Crippen LogP contribution in [0.3, 0.4) is 0 Å². The van der Waals surface area contributed by atoms with Gasteiger partial charge in [-0.3, -0.25) is 4.68 Å². The number of hydrogen-bond donors (Lipinski definition) is 1. The lowest BCUT2D eigenvalue weighted by molar-refractivity contribution is 0.600. The lowest BCUT2D eigenvalue weighted by Crippen LogP contribution is -2.15. The third-order valence-corrected chi connectivity index (χ3v) is 5.52. The van der Waals surface area contributed by atoms with Crippen molar-refractivity contribution in [3.63, 3.8) is 0 Å². The summed E-state index contributed by atoms with van der Waals surface area (Å²) in [5, 5.41) is 9.04. The molecule has 2 aromatic heterocycles. The van der Waals surface area contributed by atoms with Gasteiger partial charge < -0.3 is 0 Å². The minimum atomic E-state index is -3.81. The van der Waals surface area contributed by atoms with Crippen LogP contribution in [0.25, 0.3) is 0 Å². The Morgan fingerprint density at radius 2 is 1.96 bits per heavy atom. The van der Waals surface area contributed by atoms with Crippen molar-refractivity contribution in [3.05, 3.63) is 52.0 Å².